The summed E-state index contributed by atoms with van der Waals surface area (Å²) < 4.78 is 10.4. The van der Waals surface area contributed by atoms with Crippen LogP contribution in [0.5, 0.6) is 5.75 Å². The highest BCUT2D eigenvalue weighted by atomic mass is 35.5. The van der Waals surface area contributed by atoms with Crippen LogP contribution in [0.4, 0.5) is 5.13 Å². The third kappa shape index (κ3) is 5.21. The quantitative estimate of drug-likeness (QED) is 0.701. The molecule has 0 atom stereocenters. The van der Waals surface area contributed by atoms with Gasteiger partial charge in [-0.15, -0.1) is 11.3 Å². The van der Waals surface area contributed by atoms with Crippen LogP contribution in [-0.2, 0) is 20.9 Å². The lowest BCUT2D eigenvalue weighted by atomic mass is 10.3. The van der Waals surface area contributed by atoms with E-state index in [4.69, 9.17) is 21.1 Å². The molecule has 0 N–H and O–H groups in total. The van der Waals surface area contributed by atoms with Crippen molar-refractivity contribution in [3.63, 3.8) is 0 Å². The van der Waals surface area contributed by atoms with Crippen molar-refractivity contribution in [1.82, 2.24) is 4.98 Å². The molecular formula is C16H17ClN2O4S. The van der Waals surface area contributed by atoms with E-state index in [9.17, 15) is 9.59 Å². The fourth-order valence-electron chi connectivity index (χ4n) is 1.87. The van der Waals surface area contributed by atoms with E-state index in [1.54, 1.807) is 34.5 Å². The molecule has 0 saturated heterocycles. The van der Waals surface area contributed by atoms with Crippen LogP contribution >= 0.6 is 22.9 Å². The van der Waals surface area contributed by atoms with Crippen LogP contribution in [-0.4, -0.2) is 30.0 Å². The molecule has 0 radical (unpaired) electrons. The molecule has 128 valence electrons. The maximum atomic E-state index is 11.7. The van der Waals surface area contributed by atoms with E-state index in [0.717, 1.165) is 0 Å². The molecule has 1 heterocycles. The molecule has 0 spiro atoms. The molecule has 0 unspecified atom stereocenters. The van der Waals surface area contributed by atoms with E-state index in [0.29, 0.717) is 28.1 Å². The lowest BCUT2D eigenvalue weighted by Crippen LogP contribution is -2.27. The van der Waals surface area contributed by atoms with Gasteiger partial charge in [0.15, 0.2) is 11.7 Å². The topological polar surface area (TPSA) is 68.7 Å². The Balaban J connectivity index is 1.81. The number of halogens is 1. The summed E-state index contributed by atoms with van der Waals surface area (Å²) in [5.74, 6) is -0.0933. The Morgan fingerprint density at radius 1 is 1.38 bits per heavy atom. The normalized spacial score (nSPS) is 10.3. The number of amides is 1. The standard InChI is InChI=1S/C16H17ClN2O4S/c1-3-19(11(2)20)16-18-13(10-24-16)8-23-15(21)9-22-14-6-4-5-12(17)7-14/h4-7,10H,3,8-9H2,1-2H3. The van der Waals surface area contributed by atoms with Crippen molar-refractivity contribution < 1.29 is 19.1 Å². The van der Waals surface area contributed by atoms with Gasteiger partial charge in [-0.3, -0.25) is 9.69 Å². The predicted molar refractivity (Wildman–Crippen MR) is 92.6 cm³/mol. The molecule has 0 fully saturated rings. The highest BCUT2D eigenvalue weighted by Gasteiger charge is 2.14. The number of aromatic nitrogens is 1. The number of esters is 1. The highest BCUT2D eigenvalue weighted by Crippen LogP contribution is 2.21. The van der Waals surface area contributed by atoms with Gasteiger partial charge >= 0.3 is 5.97 Å². The fraction of sp³-hybridized carbons (Fsp3) is 0.312. The molecule has 0 aliphatic heterocycles. The zero-order valence-corrected chi connectivity index (χ0v) is 14.9. The number of ether oxygens (including phenoxy) is 2. The molecule has 0 bridgehead atoms. The molecular weight excluding hydrogens is 352 g/mol. The Kier molecular flexibility index (Phi) is 6.57. The Hall–Kier alpha value is -2.12. The van der Waals surface area contributed by atoms with E-state index in [2.05, 4.69) is 4.98 Å². The van der Waals surface area contributed by atoms with Crippen LogP contribution < -0.4 is 9.64 Å². The molecule has 0 aliphatic carbocycles. The van der Waals surface area contributed by atoms with Gasteiger partial charge in [0, 0.05) is 23.9 Å². The monoisotopic (exact) mass is 368 g/mol. The number of carbonyl (C=O) groups is 2. The van der Waals surface area contributed by atoms with Gasteiger partial charge in [-0.1, -0.05) is 17.7 Å². The first-order valence-electron chi connectivity index (χ1n) is 7.26. The molecule has 2 rings (SSSR count). The van der Waals surface area contributed by atoms with Crippen LogP contribution in [0.1, 0.15) is 19.5 Å². The van der Waals surface area contributed by atoms with Crippen LogP contribution in [0.2, 0.25) is 5.02 Å². The third-order valence-corrected chi connectivity index (χ3v) is 4.15. The number of carbonyl (C=O) groups excluding carboxylic acids is 2. The second-order valence-corrected chi connectivity index (χ2v) is 6.06. The van der Waals surface area contributed by atoms with Gasteiger partial charge in [0.1, 0.15) is 12.4 Å². The van der Waals surface area contributed by atoms with Gasteiger partial charge in [-0.25, -0.2) is 9.78 Å². The SMILES string of the molecule is CCN(C(C)=O)c1nc(COC(=O)COc2cccc(Cl)c2)cs1. The van der Waals surface area contributed by atoms with Crippen molar-refractivity contribution in [2.24, 2.45) is 0 Å². The lowest BCUT2D eigenvalue weighted by Gasteiger charge is -2.14. The van der Waals surface area contributed by atoms with Crippen molar-refractivity contribution >= 4 is 39.9 Å². The van der Waals surface area contributed by atoms with Gasteiger partial charge in [0.25, 0.3) is 0 Å². The van der Waals surface area contributed by atoms with Crippen molar-refractivity contribution in [3.8, 4) is 5.75 Å². The number of rotatable bonds is 7. The van der Waals surface area contributed by atoms with E-state index in [1.165, 1.54) is 18.3 Å². The highest BCUT2D eigenvalue weighted by molar-refractivity contribution is 7.14. The van der Waals surface area contributed by atoms with Gasteiger partial charge in [0.2, 0.25) is 5.91 Å². The number of hydrogen-bond acceptors (Lipinski definition) is 6. The molecule has 24 heavy (non-hydrogen) atoms. The summed E-state index contributed by atoms with van der Waals surface area (Å²) in [4.78, 5) is 29.0. The molecule has 0 aliphatic rings. The Bertz CT molecular complexity index is 720. The molecule has 6 nitrogen and oxygen atoms in total. The van der Waals surface area contributed by atoms with Crippen LogP contribution in [0.15, 0.2) is 29.6 Å². The summed E-state index contributed by atoms with van der Waals surface area (Å²) in [5.41, 5.74) is 0.589. The van der Waals surface area contributed by atoms with E-state index < -0.39 is 5.97 Å². The number of anilines is 1. The Labute approximate surface area is 149 Å². The number of nitrogens with zero attached hydrogens (tertiary/aromatic N) is 2. The summed E-state index contributed by atoms with van der Waals surface area (Å²) in [7, 11) is 0. The molecule has 1 aromatic carbocycles. The van der Waals surface area contributed by atoms with Gasteiger partial charge < -0.3 is 9.47 Å². The average molecular weight is 369 g/mol. The van der Waals surface area contributed by atoms with Crippen molar-refractivity contribution in [1.29, 1.82) is 0 Å². The second kappa shape index (κ2) is 8.65. The molecule has 1 aromatic heterocycles. The predicted octanol–water partition coefficient (Wildman–Crippen LogP) is 3.29. The summed E-state index contributed by atoms with van der Waals surface area (Å²) in [6.45, 7) is 3.71. The first-order valence-corrected chi connectivity index (χ1v) is 8.52. The van der Waals surface area contributed by atoms with Gasteiger partial charge in [-0.2, -0.15) is 0 Å². The second-order valence-electron chi connectivity index (χ2n) is 4.79. The number of thiazole rings is 1. The summed E-state index contributed by atoms with van der Waals surface area (Å²) in [6.07, 6.45) is 0. The van der Waals surface area contributed by atoms with Crippen molar-refractivity contribution in [2.75, 3.05) is 18.1 Å². The number of benzene rings is 1. The fourth-order valence-corrected chi connectivity index (χ4v) is 2.97. The van der Waals surface area contributed by atoms with Gasteiger partial charge in [-0.05, 0) is 25.1 Å². The molecule has 2 aromatic rings. The third-order valence-electron chi connectivity index (χ3n) is 3.00. The van der Waals surface area contributed by atoms with Crippen LogP contribution in [0.25, 0.3) is 0 Å². The van der Waals surface area contributed by atoms with Crippen LogP contribution in [0, 0.1) is 0 Å². The van der Waals surface area contributed by atoms with Crippen LogP contribution in [0.3, 0.4) is 0 Å². The lowest BCUT2D eigenvalue weighted by molar-refractivity contribution is -0.147. The van der Waals surface area contributed by atoms with E-state index in [1.807, 2.05) is 6.92 Å². The van der Waals surface area contributed by atoms with E-state index >= 15 is 0 Å². The molecule has 8 heteroatoms. The minimum Gasteiger partial charge on any atom is -0.482 e. The maximum absolute atomic E-state index is 11.7. The minimum absolute atomic E-state index is 0.0314. The maximum Gasteiger partial charge on any atom is 0.344 e. The van der Waals surface area contributed by atoms with Crippen molar-refractivity contribution in [3.05, 3.63) is 40.4 Å². The number of hydrogen-bond donors (Lipinski definition) is 0. The Morgan fingerprint density at radius 2 is 2.17 bits per heavy atom. The first kappa shape index (κ1) is 18.2. The first-order chi connectivity index (χ1) is 11.5. The summed E-state index contributed by atoms with van der Waals surface area (Å²) in [6, 6.07) is 6.76. The average Bonchev–Trinajstić information content (AvgIpc) is 3.00. The van der Waals surface area contributed by atoms with Gasteiger partial charge in [0.05, 0.1) is 5.69 Å². The summed E-state index contributed by atoms with van der Waals surface area (Å²) in [5, 5.41) is 2.87. The zero-order chi connectivity index (χ0) is 17.5. The largest absolute Gasteiger partial charge is 0.482 e. The van der Waals surface area contributed by atoms with Crippen molar-refractivity contribution in [2.45, 2.75) is 20.5 Å². The zero-order valence-electron chi connectivity index (χ0n) is 13.3. The molecule has 0 saturated carbocycles. The minimum atomic E-state index is -0.511. The summed E-state index contributed by atoms with van der Waals surface area (Å²) >= 11 is 7.16. The smallest absolute Gasteiger partial charge is 0.344 e. The Morgan fingerprint density at radius 3 is 2.83 bits per heavy atom. The molecule has 1 amide bonds. The van der Waals surface area contributed by atoms with E-state index in [-0.39, 0.29) is 19.1 Å².